The zero-order valence-electron chi connectivity index (χ0n) is 9.37. The fraction of sp³-hybridized carbons (Fsp3) is 0.364. The Morgan fingerprint density at radius 3 is 2.62 bits per heavy atom. The Morgan fingerprint density at radius 1 is 1.50 bits per heavy atom. The van der Waals surface area contributed by atoms with E-state index in [2.05, 4.69) is 5.32 Å². The molecule has 88 valence electrons. The molecule has 0 amide bonds. The highest BCUT2D eigenvalue weighted by atomic mass is 35.5. The number of methoxy groups -OCH3 is 1. The van der Waals surface area contributed by atoms with E-state index in [9.17, 15) is 4.79 Å². The molecule has 1 rings (SSSR count). The molecule has 0 atom stereocenters. The average Bonchev–Trinajstić information content (AvgIpc) is 2.17. The van der Waals surface area contributed by atoms with E-state index >= 15 is 0 Å². The normalized spacial score (nSPS) is 11.0. The molecule has 5 heteroatoms. The maximum atomic E-state index is 11.0. The van der Waals surface area contributed by atoms with Crippen LogP contribution in [0.2, 0.25) is 5.02 Å². The van der Waals surface area contributed by atoms with E-state index in [1.165, 1.54) is 7.11 Å². The number of hydrogen-bond acceptors (Lipinski definition) is 3. The predicted octanol–water partition coefficient (Wildman–Crippen LogP) is 2.62. The maximum absolute atomic E-state index is 11.0. The zero-order valence-corrected chi connectivity index (χ0v) is 10.1. The molecular formula is C11H14ClNO3. The molecule has 1 aromatic carbocycles. The molecule has 0 aliphatic carbocycles. The number of carboxylic acid groups (broad SMARTS) is 1. The van der Waals surface area contributed by atoms with Gasteiger partial charge in [-0.15, -0.1) is 0 Å². The molecule has 16 heavy (non-hydrogen) atoms. The van der Waals surface area contributed by atoms with Gasteiger partial charge < -0.3 is 15.2 Å². The molecule has 0 aliphatic heterocycles. The summed E-state index contributed by atoms with van der Waals surface area (Å²) in [5, 5.41) is 12.4. The van der Waals surface area contributed by atoms with E-state index in [-0.39, 0.29) is 0 Å². The summed E-state index contributed by atoms with van der Waals surface area (Å²) in [6, 6.07) is 4.99. The highest BCUT2D eigenvalue weighted by Crippen LogP contribution is 2.30. The maximum Gasteiger partial charge on any atom is 0.328 e. The Bertz CT molecular complexity index is 404. The van der Waals surface area contributed by atoms with Crippen molar-refractivity contribution in [1.82, 2.24) is 0 Å². The van der Waals surface area contributed by atoms with E-state index in [1.807, 2.05) is 0 Å². The second kappa shape index (κ2) is 4.61. The van der Waals surface area contributed by atoms with Gasteiger partial charge in [-0.25, -0.2) is 4.79 Å². The summed E-state index contributed by atoms with van der Waals surface area (Å²) in [5.74, 6) is -0.395. The number of rotatable bonds is 4. The molecule has 0 saturated heterocycles. The van der Waals surface area contributed by atoms with Crippen LogP contribution in [0.25, 0.3) is 0 Å². The van der Waals surface area contributed by atoms with Crippen LogP contribution < -0.4 is 10.1 Å². The quantitative estimate of drug-likeness (QED) is 0.854. The van der Waals surface area contributed by atoms with Crippen molar-refractivity contribution in [2.24, 2.45) is 0 Å². The summed E-state index contributed by atoms with van der Waals surface area (Å²) in [6.07, 6.45) is 0. The number of anilines is 1. The first-order chi connectivity index (χ1) is 7.36. The molecule has 4 nitrogen and oxygen atoms in total. The number of hydrogen-bond donors (Lipinski definition) is 2. The molecule has 0 unspecified atom stereocenters. The fourth-order valence-corrected chi connectivity index (χ4v) is 1.34. The van der Waals surface area contributed by atoms with Crippen LogP contribution in [0.5, 0.6) is 5.75 Å². The number of carboxylic acids is 1. The van der Waals surface area contributed by atoms with Crippen molar-refractivity contribution in [1.29, 1.82) is 0 Å². The topological polar surface area (TPSA) is 58.6 Å². The monoisotopic (exact) mass is 243 g/mol. The van der Waals surface area contributed by atoms with Crippen LogP contribution in [0.1, 0.15) is 13.8 Å². The molecule has 0 fully saturated rings. The SMILES string of the molecule is COc1ccc(Cl)cc1NC(C)(C)C(=O)O. The molecular weight excluding hydrogens is 230 g/mol. The fourth-order valence-electron chi connectivity index (χ4n) is 1.17. The number of ether oxygens (including phenoxy) is 1. The third-order valence-corrected chi connectivity index (χ3v) is 2.38. The highest BCUT2D eigenvalue weighted by molar-refractivity contribution is 6.30. The van der Waals surface area contributed by atoms with Gasteiger partial charge in [0.15, 0.2) is 0 Å². The van der Waals surface area contributed by atoms with Gasteiger partial charge in [0.2, 0.25) is 0 Å². The van der Waals surface area contributed by atoms with Gasteiger partial charge in [-0.05, 0) is 32.0 Å². The third kappa shape index (κ3) is 2.79. The standard InChI is InChI=1S/C11H14ClNO3/c1-11(2,10(14)15)13-8-6-7(12)4-5-9(8)16-3/h4-6,13H,1-3H3,(H,14,15). The second-order valence-corrected chi connectivity index (χ2v) is 4.34. The number of benzene rings is 1. The molecule has 0 aliphatic rings. The van der Waals surface area contributed by atoms with Crippen LogP contribution in [0, 0.1) is 0 Å². The number of carbonyl (C=O) groups is 1. The van der Waals surface area contributed by atoms with Gasteiger partial charge in [0.05, 0.1) is 12.8 Å². The van der Waals surface area contributed by atoms with Gasteiger partial charge in [0.1, 0.15) is 11.3 Å². The molecule has 0 aromatic heterocycles. The van der Waals surface area contributed by atoms with Crippen molar-refractivity contribution in [2.75, 3.05) is 12.4 Å². The average molecular weight is 244 g/mol. The van der Waals surface area contributed by atoms with Gasteiger partial charge in [-0.2, -0.15) is 0 Å². The minimum Gasteiger partial charge on any atom is -0.495 e. The van der Waals surface area contributed by atoms with E-state index in [0.29, 0.717) is 16.5 Å². The Morgan fingerprint density at radius 2 is 2.12 bits per heavy atom. The summed E-state index contributed by atoms with van der Waals surface area (Å²) >= 11 is 5.84. The van der Waals surface area contributed by atoms with Crippen LogP contribution >= 0.6 is 11.6 Å². The van der Waals surface area contributed by atoms with Crippen LogP contribution in [-0.2, 0) is 4.79 Å². The largest absolute Gasteiger partial charge is 0.495 e. The van der Waals surface area contributed by atoms with Gasteiger partial charge in [-0.3, -0.25) is 0 Å². The summed E-state index contributed by atoms with van der Waals surface area (Å²) in [7, 11) is 1.52. The van der Waals surface area contributed by atoms with Crippen molar-refractivity contribution in [2.45, 2.75) is 19.4 Å². The number of aliphatic carboxylic acids is 1. The van der Waals surface area contributed by atoms with E-state index < -0.39 is 11.5 Å². The molecule has 0 spiro atoms. The zero-order chi connectivity index (χ0) is 12.3. The second-order valence-electron chi connectivity index (χ2n) is 3.90. The molecule has 0 heterocycles. The van der Waals surface area contributed by atoms with Gasteiger partial charge in [-0.1, -0.05) is 11.6 Å². The Kier molecular flexibility index (Phi) is 3.65. The van der Waals surface area contributed by atoms with Gasteiger partial charge in [0, 0.05) is 5.02 Å². The lowest BCUT2D eigenvalue weighted by molar-refractivity contribution is -0.141. The summed E-state index contributed by atoms with van der Waals surface area (Å²) in [6.45, 7) is 3.13. The predicted molar refractivity (Wildman–Crippen MR) is 63.3 cm³/mol. The van der Waals surface area contributed by atoms with Crippen molar-refractivity contribution >= 4 is 23.3 Å². The summed E-state index contributed by atoms with van der Waals surface area (Å²) in [4.78, 5) is 11.0. The van der Waals surface area contributed by atoms with Crippen molar-refractivity contribution in [3.8, 4) is 5.75 Å². The van der Waals surface area contributed by atoms with Crippen LogP contribution in [0.15, 0.2) is 18.2 Å². The lowest BCUT2D eigenvalue weighted by Crippen LogP contribution is -2.40. The minimum atomic E-state index is -1.09. The van der Waals surface area contributed by atoms with Crippen LogP contribution in [-0.4, -0.2) is 23.7 Å². The van der Waals surface area contributed by atoms with Crippen LogP contribution in [0.4, 0.5) is 5.69 Å². The minimum absolute atomic E-state index is 0.518. The number of halogens is 1. The highest BCUT2D eigenvalue weighted by Gasteiger charge is 2.27. The Labute approximate surface area is 99.2 Å². The smallest absolute Gasteiger partial charge is 0.328 e. The van der Waals surface area contributed by atoms with Crippen molar-refractivity contribution < 1.29 is 14.6 Å². The number of nitrogens with one attached hydrogen (secondary N) is 1. The van der Waals surface area contributed by atoms with E-state index in [4.69, 9.17) is 21.4 Å². The molecule has 2 N–H and O–H groups in total. The van der Waals surface area contributed by atoms with Gasteiger partial charge >= 0.3 is 5.97 Å². The van der Waals surface area contributed by atoms with Crippen molar-refractivity contribution in [3.05, 3.63) is 23.2 Å². The first-order valence-corrected chi connectivity index (χ1v) is 5.10. The first-order valence-electron chi connectivity index (χ1n) is 4.72. The van der Waals surface area contributed by atoms with E-state index in [1.54, 1.807) is 32.0 Å². The Hall–Kier alpha value is -1.42. The molecule has 0 saturated carbocycles. The lowest BCUT2D eigenvalue weighted by atomic mass is 10.1. The van der Waals surface area contributed by atoms with Crippen LogP contribution in [0.3, 0.4) is 0 Å². The lowest BCUT2D eigenvalue weighted by Gasteiger charge is -2.23. The molecule has 0 radical (unpaired) electrons. The summed E-state index contributed by atoms with van der Waals surface area (Å²) in [5.41, 5.74) is -0.528. The van der Waals surface area contributed by atoms with Gasteiger partial charge in [0.25, 0.3) is 0 Å². The first kappa shape index (κ1) is 12.6. The van der Waals surface area contributed by atoms with E-state index in [0.717, 1.165) is 0 Å². The molecule has 0 bridgehead atoms. The van der Waals surface area contributed by atoms with Crippen molar-refractivity contribution in [3.63, 3.8) is 0 Å². The summed E-state index contributed by atoms with van der Waals surface area (Å²) < 4.78 is 5.11. The third-order valence-electron chi connectivity index (χ3n) is 2.14. The Balaban J connectivity index is 3.04. The molecule has 1 aromatic rings.